The van der Waals surface area contributed by atoms with Gasteiger partial charge in [0.15, 0.2) is 23.4 Å². The summed E-state index contributed by atoms with van der Waals surface area (Å²) in [5, 5.41) is 5.06. The van der Waals surface area contributed by atoms with Crippen LogP contribution in [0.15, 0.2) is 41.0 Å². The highest BCUT2D eigenvalue weighted by Crippen LogP contribution is 2.34. The molecule has 0 bridgehead atoms. The van der Waals surface area contributed by atoms with Crippen LogP contribution in [-0.2, 0) is 14.3 Å². The van der Waals surface area contributed by atoms with E-state index in [0.29, 0.717) is 17.2 Å². The Hall–Kier alpha value is -3.49. The number of amides is 2. The monoisotopic (exact) mass is 374 g/mol. The molecule has 3 rings (SSSR count). The Balaban J connectivity index is 1.51. The molecule has 0 fully saturated rings. The van der Waals surface area contributed by atoms with Crippen molar-refractivity contribution >= 4 is 23.5 Å². The number of carbonyl (C=O) groups excluding carboxylic acids is 3. The van der Waals surface area contributed by atoms with Crippen LogP contribution in [0.1, 0.15) is 24.4 Å². The molecule has 2 aromatic rings. The Bertz CT molecular complexity index is 847. The lowest BCUT2D eigenvalue weighted by Gasteiger charge is -2.17. The summed E-state index contributed by atoms with van der Waals surface area (Å²) in [6.07, 6.45) is 0.284. The second kappa shape index (κ2) is 7.81. The maximum absolute atomic E-state index is 12.2. The Morgan fingerprint density at radius 3 is 2.63 bits per heavy atom. The molecular formula is C18H18N2O7. The second-order valence-corrected chi connectivity index (χ2v) is 5.81. The SMILES string of the molecule is C[C@H](NC(=O)c1ccco1)C(=O)O[C@@H](C)C(=O)Nc1ccc2c(c1)OCO2. The highest BCUT2D eigenvalue weighted by molar-refractivity contribution is 5.97. The quantitative estimate of drug-likeness (QED) is 0.739. The lowest BCUT2D eigenvalue weighted by atomic mass is 10.2. The number of furan rings is 1. The Morgan fingerprint density at radius 1 is 1.11 bits per heavy atom. The van der Waals surface area contributed by atoms with Gasteiger partial charge in [-0.2, -0.15) is 0 Å². The van der Waals surface area contributed by atoms with Crippen LogP contribution >= 0.6 is 0 Å². The largest absolute Gasteiger partial charge is 0.459 e. The van der Waals surface area contributed by atoms with Crippen LogP contribution in [0.3, 0.4) is 0 Å². The van der Waals surface area contributed by atoms with Crippen LogP contribution in [0.2, 0.25) is 0 Å². The van der Waals surface area contributed by atoms with Crippen LogP contribution in [0.5, 0.6) is 11.5 Å². The van der Waals surface area contributed by atoms with E-state index in [1.54, 1.807) is 24.3 Å². The summed E-state index contributed by atoms with van der Waals surface area (Å²) < 4.78 is 20.5. The minimum atomic E-state index is -1.06. The standard InChI is InChI=1S/C18H18N2O7/c1-10(19-17(22)14-4-3-7-24-14)18(23)27-11(2)16(21)20-12-5-6-13-15(8-12)26-9-25-13/h3-8,10-11H,9H2,1-2H3,(H,19,22)(H,20,21)/t10-,11-/m0/s1. The molecule has 2 heterocycles. The van der Waals surface area contributed by atoms with Crippen molar-refractivity contribution in [2.24, 2.45) is 0 Å². The van der Waals surface area contributed by atoms with E-state index in [2.05, 4.69) is 10.6 Å². The van der Waals surface area contributed by atoms with Gasteiger partial charge in [0.1, 0.15) is 6.04 Å². The summed E-state index contributed by atoms with van der Waals surface area (Å²) in [4.78, 5) is 36.2. The predicted molar refractivity (Wildman–Crippen MR) is 92.4 cm³/mol. The van der Waals surface area contributed by atoms with Gasteiger partial charge in [0.2, 0.25) is 6.79 Å². The molecule has 0 aliphatic carbocycles. The fraction of sp³-hybridized carbons (Fsp3) is 0.278. The number of nitrogens with one attached hydrogen (secondary N) is 2. The van der Waals surface area contributed by atoms with Crippen molar-refractivity contribution in [3.8, 4) is 11.5 Å². The second-order valence-electron chi connectivity index (χ2n) is 5.81. The summed E-state index contributed by atoms with van der Waals surface area (Å²) in [7, 11) is 0. The van der Waals surface area contributed by atoms with Crippen LogP contribution in [0.4, 0.5) is 5.69 Å². The van der Waals surface area contributed by atoms with Gasteiger partial charge in [0, 0.05) is 11.8 Å². The van der Waals surface area contributed by atoms with Crippen molar-refractivity contribution < 1.29 is 33.0 Å². The molecule has 9 heteroatoms. The molecule has 0 spiro atoms. The zero-order valence-electron chi connectivity index (χ0n) is 14.7. The number of esters is 1. The summed E-state index contributed by atoms with van der Waals surface area (Å²) in [5.41, 5.74) is 0.478. The molecule has 2 atom stereocenters. The van der Waals surface area contributed by atoms with E-state index < -0.39 is 29.9 Å². The number of hydrogen-bond donors (Lipinski definition) is 2. The van der Waals surface area contributed by atoms with Gasteiger partial charge in [-0.15, -0.1) is 0 Å². The molecule has 0 saturated carbocycles. The Morgan fingerprint density at radius 2 is 1.89 bits per heavy atom. The molecule has 0 unspecified atom stereocenters. The number of carbonyl (C=O) groups is 3. The van der Waals surface area contributed by atoms with E-state index in [-0.39, 0.29) is 12.6 Å². The van der Waals surface area contributed by atoms with E-state index >= 15 is 0 Å². The van der Waals surface area contributed by atoms with Crippen molar-refractivity contribution in [1.29, 1.82) is 0 Å². The van der Waals surface area contributed by atoms with Gasteiger partial charge in [0.05, 0.1) is 6.26 Å². The van der Waals surface area contributed by atoms with Crippen LogP contribution in [0, 0.1) is 0 Å². The minimum absolute atomic E-state index is 0.0725. The average Bonchev–Trinajstić information content (AvgIpc) is 3.32. The van der Waals surface area contributed by atoms with Crippen molar-refractivity contribution in [2.75, 3.05) is 12.1 Å². The topological polar surface area (TPSA) is 116 Å². The van der Waals surface area contributed by atoms with Crippen LogP contribution in [-0.4, -0.2) is 36.7 Å². The van der Waals surface area contributed by atoms with Crippen LogP contribution in [0.25, 0.3) is 0 Å². The van der Waals surface area contributed by atoms with Gasteiger partial charge < -0.3 is 29.3 Å². The highest BCUT2D eigenvalue weighted by Gasteiger charge is 2.24. The van der Waals surface area contributed by atoms with E-state index in [1.807, 2.05) is 0 Å². The molecule has 9 nitrogen and oxygen atoms in total. The first-order valence-electron chi connectivity index (χ1n) is 8.19. The maximum atomic E-state index is 12.2. The third-order valence-electron chi connectivity index (χ3n) is 3.75. The number of ether oxygens (including phenoxy) is 3. The number of benzene rings is 1. The lowest BCUT2D eigenvalue weighted by molar-refractivity contribution is -0.154. The van der Waals surface area contributed by atoms with Crippen molar-refractivity contribution in [3.05, 3.63) is 42.4 Å². The van der Waals surface area contributed by atoms with Crippen molar-refractivity contribution in [3.63, 3.8) is 0 Å². The Labute approximate surface area is 154 Å². The molecule has 2 amide bonds. The van der Waals surface area contributed by atoms with Crippen LogP contribution < -0.4 is 20.1 Å². The number of anilines is 1. The highest BCUT2D eigenvalue weighted by atomic mass is 16.7. The number of hydrogen-bond acceptors (Lipinski definition) is 7. The van der Waals surface area contributed by atoms with E-state index in [1.165, 1.54) is 26.2 Å². The zero-order valence-corrected chi connectivity index (χ0v) is 14.7. The van der Waals surface area contributed by atoms with Gasteiger partial charge >= 0.3 is 5.97 Å². The molecule has 1 aliphatic heterocycles. The molecule has 27 heavy (non-hydrogen) atoms. The van der Waals surface area contributed by atoms with Gasteiger partial charge in [-0.05, 0) is 38.1 Å². The lowest BCUT2D eigenvalue weighted by Crippen LogP contribution is -2.42. The molecule has 0 saturated heterocycles. The van der Waals surface area contributed by atoms with Gasteiger partial charge in [-0.3, -0.25) is 9.59 Å². The molecule has 1 aromatic heterocycles. The first kappa shape index (κ1) is 18.3. The third kappa shape index (κ3) is 4.38. The normalized spacial score (nSPS) is 14.1. The summed E-state index contributed by atoms with van der Waals surface area (Å²) in [5.74, 6) is -0.638. The molecule has 1 aromatic carbocycles. The van der Waals surface area contributed by atoms with Crippen molar-refractivity contribution in [2.45, 2.75) is 26.0 Å². The van der Waals surface area contributed by atoms with Crippen molar-refractivity contribution in [1.82, 2.24) is 5.32 Å². The van der Waals surface area contributed by atoms with E-state index in [9.17, 15) is 14.4 Å². The first-order chi connectivity index (χ1) is 12.9. The number of fused-ring (bicyclic) bond motifs is 1. The maximum Gasteiger partial charge on any atom is 0.329 e. The van der Waals surface area contributed by atoms with E-state index in [0.717, 1.165) is 0 Å². The molecular weight excluding hydrogens is 356 g/mol. The minimum Gasteiger partial charge on any atom is -0.459 e. The van der Waals surface area contributed by atoms with Gasteiger partial charge in [0.25, 0.3) is 11.8 Å². The average molecular weight is 374 g/mol. The van der Waals surface area contributed by atoms with Gasteiger partial charge in [-0.25, -0.2) is 4.79 Å². The molecule has 0 radical (unpaired) electrons. The third-order valence-corrected chi connectivity index (χ3v) is 3.75. The first-order valence-corrected chi connectivity index (χ1v) is 8.19. The molecule has 142 valence electrons. The summed E-state index contributed by atoms with van der Waals surface area (Å²) >= 11 is 0. The molecule has 1 aliphatic rings. The molecule has 2 N–H and O–H groups in total. The number of rotatable bonds is 6. The predicted octanol–water partition coefficient (Wildman–Crippen LogP) is 1.70. The fourth-order valence-electron chi connectivity index (χ4n) is 2.28. The smallest absolute Gasteiger partial charge is 0.329 e. The van der Waals surface area contributed by atoms with E-state index in [4.69, 9.17) is 18.6 Å². The van der Waals surface area contributed by atoms with Gasteiger partial charge in [-0.1, -0.05) is 0 Å². The Kier molecular flexibility index (Phi) is 5.30. The summed E-state index contributed by atoms with van der Waals surface area (Å²) in [6, 6.07) is 6.99. The zero-order chi connectivity index (χ0) is 19.4. The fourth-order valence-corrected chi connectivity index (χ4v) is 2.28. The summed E-state index contributed by atoms with van der Waals surface area (Å²) in [6.45, 7) is 3.01.